The molecule has 0 aliphatic heterocycles. The van der Waals surface area contributed by atoms with E-state index in [4.69, 9.17) is 9.47 Å². The fourth-order valence-electron chi connectivity index (χ4n) is 8.15. The van der Waals surface area contributed by atoms with Gasteiger partial charge in [0.1, 0.15) is 11.5 Å². The van der Waals surface area contributed by atoms with E-state index in [2.05, 4.69) is 84.9 Å². The predicted octanol–water partition coefficient (Wildman–Crippen LogP) is 19.5. The molecule has 0 fully saturated rings. The first kappa shape index (κ1) is 58.4. The van der Waals surface area contributed by atoms with Crippen molar-refractivity contribution in [3.05, 3.63) is 188 Å². The molecule has 0 spiro atoms. The second-order valence-corrected chi connectivity index (χ2v) is 19.3. The Kier molecular flexibility index (Phi) is 22.9. The summed E-state index contributed by atoms with van der Waals surface area (Å²) in [6, 6.07) is 14.1. The molecule has 386 valence electrons. The number of ether oxygens (including phenoxy) is 2. The molecule has 0 heterocycles. The minimum atomic E-state index is -4.59. The molecule has 0 N–H and O–H groups in total. The van der Waals surface area contributed by atoms with Crippen LogP contribution in [0.2, 0.25) is 0 Å². The van der Waals surface area contributed by atoms with Crippen molar-refractivity contribution in [1.29, 1.82) is 0 Å². The van der Waals surface area contributed by atoms with Crippen molar-refractivity contribution in [1.82, 2.24) is 0 Å². The van der Waals surface area contributed by atoms with E-state index in [1.807, 2.05) is 13.0 Å². The molecule has 0 bridgehead atoms. The second kappa shape index (κ2) is 28.2. The Hall–Kier alpha value is -6.16. The van der Waals surface area contributed by atoms with Crippen molar-refractivity contribution in [2.24, 2.45) is 0 Å². The molecule has 72 heavy (non-hydrogen) atoms. The zero-order valence-corrected chi connectivity index (χ0v) is 43.6. The maximum absolute atomic E-state index is 13.6. The van der Waals surface area contributed by atoms with Crippen molar-refractivity contribution in [3.8, 4) is 11.5 Å². The summed E-state index contributed by atoms with van der Waals surface area (Å²) in [6.07, 6.45) is 19.2. The van der Waals surface area contributed by atoms with Gasteiger partial charge < -0.3 is 9.47 Å². The van der Waals surface area contributed by atoms with Crippen molar-refractivity contribution < 1.29 is 45.4 Å². The summed E-state index contributed by atoms with van der Waals surface area (Å²) in [4.78, 5) is 27.0. The fraction of sp³-hybridized carbons (Fsp3) is 0.387. The van der Waals surface area contributed by atoms with E-state index in [1.165, 1.54) is 33.4 Å². The maximum Gasteiger partial charge on any atom is 0.416 e. The van der Waals surface area contributed by atoms with Crippen LogP contribution in [0.1, 0.15) is 175 Å². The highest BCUT2D eigenvalue weighted by Gasteiger charge is 2.32. The lowest BCUT2D eigenvalue weighted by atomic mass is 9.95. The fourth-order valence-corrected chi connectivity index (χ4v) is 8.15. The van der Waals surface area contributed by atoms with Crippen LogP contribution in [0.25, 0.3) is 10.8 Å². The van der Waals surface area contributed by atoms with Gasteiger partial charge in [-0.15, -0.1) is 0 Å². The predicted molar refractivity (Wildman–Crippen MR) is 283 cm³/mol. The third-order valence-electron chi connectivity index (χ3n) is 12.7. The van der Waals surface area contributed by atoms with E-state index in [9.17, 15) is 35.9 Å². The van der Waals surface area contributed by atoms with Gasteiger partial charge in [-0.1, -0.05) is 106 Å². The van der Waals surface area contributed by atoms with E-state index in [0.29, 0.717) is 21.9 Å². The van der Waals surface area contributed by atoms with Crippen LogP contribution < -0.4 is 9.47 Å². The van der Waals surface area contributed by atoms with E-state index in [0.717, 1.165) is 131 Å². The Morgan fingerprint density at radius 3 is 1.07 bits per heavy atom. The Morgan fingerprint density at radius 2 is 0.736 bits per heavy atom. The van der Waals surface area contributed by atoms with Crippen LogP contribution in [0.5, 0.6) is 11.5 Å². The van der Waals surface area contributed by atoms with Gasteiger partial charge in [0.15, 0.2) is 0 Å². The van der Waals surface area contributed by atoms with Crippen LogP contribution in [-0.4, -0.2) is 11.9 Å². The number of benzene rings is 4. The highest BCUT2D eigenvalue weighted by Crippen LogP contribution is 2.42. The summed E-state index contributed by atoms with van der Waals surface area (Å²) in [5, 5.41) is 0.770. The Labute approximate surface area is 424 Å². The number of carbonyl (C=O) groups excluding carboxylic acids is 2. The normalized spacial score (nSPS) is 13.4. The zero-order chi connectivity index (χ0) is 53.0. The summed E-state index contributed by atoms with van der Waals surface area (Å²) < 4.78 is 91.7. The monoisotopic (exact) mass is 995 g/mol. The van der Waals surface area contributed by atoms with E-state index < -0.39 is 35.4 Å². The minimum absolute atomic E-state index is 0.101. The molecule has 0 atom stereocenters. The highest BCUT2D eigenvalue weighted by molar-refractivity contribution is 6.02. The number of hydrogen-bond acceptors (Lipinski definition) is 4. The second-order valence-electron chi connectivity index (χ2n) is 19.3. The quantitative estimate of drug-likeness (QED) is 0.0304. The van der Waals surface area contributed by atoms with Crippen LogP contribution in [0.3, 0.4) is 0 Å². The molecule has 4 aromatic carbocycles. The molecule has 0 aromatic heterocycles. The van der Waals surface area contributed by atoms with Gasteiger partial charge in [-0.3, -0.25) is 0 Å². The van der Waals surface area contributed by atoms with Crippen molar-refractivity contribution in [3.63, 3.8) is 0 Å². The smallest absolute Gasteiger partial charge is 0.416 e. The number of hydrogen-bond donors (Lipinski definition) is 0. The number of allylic oxidation sites excluding steroid dienone is 14. The number of fused-ring (bicyclic) bond motifs is 1. The topological polar surface area (TPSA) is 52.6 Å². The highest BCUT2D eigenvalue weighted by atomic mass is 19.4. The van der Waals surface area contributed by atoms with Gasteiger partial charge in [-0.2, -0.15) is 26.3 Å². The van der Waals surface area contributed by atoms with Gasteiger partial charge in [-0.25, -0.2) is 9.59 Å². The lowest BCUT2D eigenvalue weighted by molar-refractivity contribution is -0.138. The van der Waals surface area contributed by atoms with Crippen LogP contribution in [0.4, 0.5) is 26.3 Å². The molecular weight excluding hydrogens is 923 g/mol. The molecule has 0 unspecified atom stereocenters. The van der Waals surface area contributed by atoms with E-state index in [1.54, 1.807) is 31.2 Å². The first-order chi connectivity index (χ1) is 34.0. The molecule has 0 saturated carbocycles. The van der Waals surface area contributed by atoms with Gasteiger partial charge in [0, 0.05) is 16.3 Å². The molecule has 4 rings (SSSR count). The minimum Gasteiger partial charge on any atom is -0.422 e. The average Bonchev–Trinajstić information content (AvgIpc) is 3.32. The summed E-state index contributed by atoms with van der Waals surface area (Å²) >= 11 is 0. The molecule has 4 aromatic rings. The number of carbonyl (C=O) groups is 2. The van der Waals surface area contributed by atoms with Gasteiger partial charge in [-0.05, 0) is 200 Å². The molecule has 10 heteroatoms. The maximum atomic E-state index is 13.6. The van der Waals surface area contributed by atoms with Gasteiger partial charge >= 0.3 is 24.3 Å². The summed E-state index contributed by atoms with van der Waals surface area (Å²) in [5.41, 5.74) is 8.36. The molecular formula is C62H72F6O4. The molecule has 0 saturated heterocycles. The van der Waals surface area contributed by atoms with Crippen LogP contribution >= 0.6 is 0 Å². The molecule has 0 radical (unpaired) electrons. The lowest BCUT2D eigenvalue weighted by Gasteiger charge is -2.20. The Bertz CT molecular complexity index is 2680. The summed E-state index contributed by atoms with van der Waals surface area (Å²) in [6.45, 7) is 19.0. The van der Waals surface area contributed by atoms with E-state index >= 15 is 0 Å². The van der Waals surface area contributed by atoms with Crippen LogP contribution in [-0.2, 0) is 18.8 Å². The number of rotatable bonds is 24. The van der Waals surface area contributed by atoms with Gasteiger partial charge in [0.2, 0.25) is 0 Å². The lowest BCUT2D eigenvalue weighted by Crippen LogP contribution is -2.14. The number of esters is 2. The average molecular weight is 995 g/mol. The van der Waals surface area contributed by atoms with Crippen molar-refractivity contribution in [2.45, 2.75) is 158 Å². The SMILES string of the molecule is CC(C)=CCCC(C)=CCCC(C)=CCCC(C)=CCCC(C)=CCCC(C)=CCCC(C)=CCc1c(C)c(OC(=O)c2ccc(C(F)(F)F)cc2)c2ccccc2c1OC(=O)c1ccc(C(F)(F)F)cc1. The van der Waals surface area contributed by atoms with Crippen molar-refractivity contribution in [2.75, 3.05) is 0 Å². The first-order valence-electron chi connectivity index (χ1n) is 24.9. The largest absolute Gasteiger partial charge is 0.422 e. The van der Waals surface area contributed by atoms with E-state index in [-0.39, 0.29) is 29.0 Å². The van der Waals surface area contributed by atoms with Crippen LogP contribution in [0, 0.1) is 6.92 Å². The summed E-state index contributed by atoms with van der Waals surface area (Å²) in [7, 11) is 0. The van der Waals surface area contributed by atoms with Gasteiger partial charge in [0.05, 0.1) is 22.3 Å². The number of halogens is 6. The number of alkyl halides is 6. The molecule has 0 amide bonds. The molecule has 0 aliphatic carbocycles. The summed E-state index contributed by atoms with van der Waals surface area (Å²) in [5.74, 6) is -1.50. The third kappa shape index (κ3) is 19.5. The Balaban J connectivity index is 1.38. The first-order valence-corrected chi connectivity index (χ1v) is 24.9. The standard InChI is InChI=1S/C62H72F6O4/c1-42(2)18-12-19-43(3)20-13-21-44(4)22-14-23-45(5)24-15-25-46(6)26-16-27-47(7)28-17-29-48(8)32-41-54-49(9)57(71-59(69)50-33-37-52(38-34-50)61(63,64)65)55-30-10-11-31-56(55)58(54)72-60(70)51-35-39-53(40-36-51)62(66,67)68/h10-11,18,20,22,24,26,28,30-40H,12-17,19,21,23,25,27,29,41H2,1-9H3. The third-order valence-corrected chi connectivity index (χ3v) is 12.7. The van der Waals surface area contributed by atoms with Gasteiger partial charge in [0.25, 0.3) is 0 Å². The van der Waals surface area contributed by atoms with Crippen LogP contribution in [0.15, 0.2) is 154 Å². The zero-order valence-electron chi connectivity index (χ0n) is 43.6. The Morgan fingerprint density at radius 1 is 0.431 bits per heavy atom. The molecule has 0 aliphatic rings. The van der Waals surface area contributed by atoms with Crippen molar-refractivity contribution >= 4 is 22.7 Å². The molecule has 4 nitrogen and oxygen atoms in total.